The minimum atomic E-state index is -1.10. The number of hydrogen-bond donors (Lipinski definition) is 1. The largest absolute Gasteiger partial charge is 0.476 e. The van der Waals surface area contributed by atoms with E-state index in [-0.39, 0.29) is 17.3 Å². The molecule has 190 valence electrons. The van der Waals surface area contributed by atoms with Crippen molar-refractivity contribution in [1.29, 1.82) is 0 Å². The van der Waals surface area contributed by atoms with Crippen LogP contribution in [0.2, 0.25) is 0 Å². The molecule has 4 aromatic rings. The first-order valence-electron chi connectivity index (χ1n) is 12.2. The molecule has 0 unspecified atom stereocenters. The van der Waals surface area contributed by atoms with Gasteiger partial charge in [0.05, 0.1) is 11.4 Å². The highest BCUT2D eigenvalue weighted by atomic mass is 32.1. The second-order valence-corrected chi connectivity index (χ2v) is 10.4. The monoisotopic (exact) mass is 519 g/mol. The van der Waals surface area contributed by atoms with Crippen molar-refractivity contribution < 1.29 is 18.7 Å². The topological polar surface area (TPSA) is 68.0 Å². The number of carboxylic acids is 1. The Balaban J connectivity index is 1.72. The van der Waals surface area contributed by atoms with Crippen molar-refractivity contribution in [3.63, 3.8) is 0 Å². The Morgan fingerprint density at radius 1 is 1.19 bits per heavy atom. The fraction of sp³-hybridized carbons (Fsp3) is 0.276. The molecule has 0 aliphatic heterocycles. The van der Waals surface area contributed by atoms with Crippen LogP contribution in [0.3, 0.4) is 0 Å². The highest BCUT2D eigenvalue weighted by molar-refractivity contribution is 7.12. The zero-order chi connectivity index (χ0) is 26.3. The number of nitrogens with zero attached hydrogens (tertiary/aromatic N) is 3. The third-order valence-electron chi connectivity index (χ3n) is 6.88. The number of thiazole rings is 1. The molecule has 1 aliphatic carbocycles. The molecule has 2 aromatic heterocycles. The van der Waals surface area contributed by atoms with Crippen molar-refractivity contribution in [3.8, 4) is 16.4 Å². The molecule has 8 heteroatoms. The van der Waals surface area contributed by atoms with Gasteiger partial charge in [-0.2, -0.15) is 5.10 Å². The van der Waals surface area contributed by atoms with Gasteiger partial charge in [-0.25, -0.2) is 23.2 Å². The van der Waals surface area contributed by atoms with Gasteiger partial charge in [-0.05, 0) is 86.9 Å². The summed E-state index contributed by atoms with van der Waals surface area (Å²) >= 11 is 1.21. The first kappa shape index (κ1) is 25.0. The SMILES string of the molecule is C/C=C(\C)c1cc(-c2nn(-c3nc(C(=O)O)cs3)c(CC3CC3)c2Cc2ccc(C)c(F)c2)ccc1F. The normalized spacial score (nSPS) is 13.8. The second-order valence-electron chi connectivity index (χ2n) is 9.58. The van der Waals surface area contributed by atoms with Gasteiger partial charge in [-0.1, -0.05) is 18.2 Å². The fourth-order valence-corrected chi connectivity index (χ4v) is 5.18. The molecule has 0 amide bonds. The summed E-state index contributed by atoms with van der Waals surface area (Å²) in [6, 6.07) is 10.2. The van der Waals surface area contributed by atoms with Crippen LogP contribution < -0.4 is 0 Å². The van der Waals surface area contributed by atoms with Crippen molar-refractivity contribution >= 4 is 22.9 Å². The summed E-state index contributed by atoms with van der Waals surface area (Å²) in [5.41, 5.74) is 5.89. The predicted molar refractivity (Wildman–Crippen MR) is 141 cm³/mol. The third kappa shape index (κ3) is 5.11. The van der Waals surface area contributed by atoms with Crippen LogP contribution in [0.4, 0.5) is 8.78 Å². The van der Waals surface area contributed by atoms with Crippen molar-refractivity contribution in [2.45, 2.75) is 46.5 Å². The Kier molecular flexibility index (Phi) is 6.77. The molecule has 1 saturated carbocycles. The first-order valence-corrected chi connectivity index (χ1v) is 13.1. The number of aromatic nitrogens is 3. The first-order chi connectivity index (χ1) is 17.7. The van der Waals surface area contributed by atoms with Crippen LogP contribution in [-0.4, -0.2) is 25.8 Å². The summed E-state index contributed by atoms with van der Waals surface area (Å²) in [4.78, 5) is 15.8. The van der Waals surface area contributed by atoms with Crippen molar-refractivity contribution in [2.75, 3.05) is 0 Å². The van der Waals surface area contributed by atoms with E-state index in [0.717, 1.165) is 47.2 Å². The standard InChI is InChI=1S/C29H27F2N3O2S/c1-4-16(2)21-14-20(9-10-23(21)30)27-22(11-19-6-5-17(3)24(31)12-19)26(13-18-7-8-18)34(33-27)29-32-25(15-37-29)28(35)36/h4-6,9-10,12,14-15,18H,7-8,11,13H2,1-3H3,(H,35,36)/b16-4+. The summed E-state index contributed by atoms with van der Waals surface area (Å²) < 4.78 is 30.9. The summed E-state index contributed by atoms with van der Waals surface area (Å²) in [7, 11) is 0. The average Bonchev–Trinajstić information content (AvgIpc) is 3.44. The van der Waals surface area contributed by atoms with Crippen LogP contribution in [0.15, 0.2) is 47.9 Å². The van der Waals surface area contributed by atoms with E-state index in [4.69, 9.17) is 5.10 Å². The van der Waals surface area contributed by atoms with Crippen LogP contribution in [0.5, 0.6) is 0 Å². The van der Waals surface area contributed by atoms with Gasteiger partial charge in [-0.15, -0.1) is 11.3 Å². The number of allylic oxidation sites excluding steroid dienone is 2. The molecule has 5 rings (SSSR count). The summed E-state index contributed by atoms with van der Waals surface area (Å²) in [6.07, 6.45) is 5.26. The zero-order valence-electron chi connectivity index (χ0n) is 20.9. The second kappa shape index (κ2) is 10.0. The number of hydrogen-bond acceptors (Lipinski definition) is 4. The Labute approximate surface area is 218 Å². The number of aromatic carboxylic acids is 1. The van der Waals surface area contributed by atoms with Crippen molar-refractivity contribution in [1.82, 2.24) is 14.8 Å². The van der Waals surface area contributed by atoms with Gasteiger partial charge >= 0.3 is 5.97 Å². The van der Waals surface area contributed by atoms with Crippen LogP contribution in [-0.2, 0) is 12.8 Å². The van der Waals surface area contributed by atoms with Crippen LogP contribution in [0.1, 0.15) is 65.1 Å². The summed E-state index contributed by atoms with van der Waals surface area (Å²) in [5, 5.41) is 16.3. The highest BCUT2D eigenvalue weighted by Gasteiger charge is 2.29. The molecule has 1 aliphatic rings. The highest BCUT2D eigenvalue weighted by Crippen LogP contribution is 2.38. The number of carboxylic acid groups (broad SMARTS) is 1. The fourth-order valence-electron chi connectivity index (χ4n) is 4.41. The minimum Gasteiger partial charge on any atom is -0.476 e. The van der Waals surface area contributed by atoms with Gasteiger partial charge in [0.25, 0.3) is 0 Å². The number of carbonyl (C=O) groups is 1. The van der Waals surface area contributed by atoms with Gasteiger partial charge in [0.15, 0.2) is 5.69 Å². The lowest BCUT2D eigenvalue weighted by atomic mass is 9.94. The third-order valence-corrected chi connectivity index (χ3v) is 7.69. The van der Waals surface area contributed by atoms with E-state index in [1.54, 1.807) is 35.9 Å². The molecule has 1 N–H and O–H groups in total. The van der Waals surface area contributed by atoms with E-state index in [9.17, 15) is 18.7 Å². The van der Waals surface area contributed by atoms with Gasteiger partial charge in [0, 0.05) is 28.5 Å². The van der Waals surface area contributed by atoms with E-state index in [1.807, 2.05) is 26.0 Å². The number of benzene rings is 2. The van der Waals surface area contributed by atoms with Crippen LogP contribution in [0, 0.1) is 24.5 Å². The molecule has 0 atom stereocenters. The quantitative estimate of drug-likeness (QED) is 0.266. The Hall–Kier alpha value is -3.65. The van der Waals surface area contributed by atoms with Crippen molar-refractivity contribution in [2.24, 2.45) is 5.92 Å². The maximum Gasteiger partial charge on any atom is 0.355 e. The molecule has 0 bridgehead atoms. The van der Waals surface area contributed by atoms with E-state index in [0.29, 0.717) is 34.3 Å². The summed E-state index contributed by atoms with van der Waals surface area (Å²) in [5.74, 6) is -1.18. The lowest BCUT2D eigenvalue weighted by Crippen LogP contribution is -2.06. The van der Waals surface area contributed by atoms with Gasteiger partial charge < -0.3 is 5.11 Å². The van der Waals surface area contributed by atoms with Gasteiger partial charge in [0.1, 0.15) is 11.6 Å². The van der Waals surface area contributed by atoms with Gasteiger partial charge in [0.2, 0.25) is 5.13 Å². The molecule has 0 radical (unpaired) electrons. The van der Waals surface area contributed by atoms with Crippen LogP contribution >= 0.6 is 11.3 Å². The average molecular weight is 520 g/mol. The minimum absolute atomic E-state index is 0.0376. The van der Waals surface area contributed by atoms with Crippen LogP contribution in [0.25, 0.3) is 22.0 Å². The molecule has 0 saturated heterocycles. The molecule has 5 nitrogen and oxygen atoms in total. The number of halogens is 2. The Morgan fingerprint density at radius 2 is 1.97 bits per heavy atom. The van der Waals surface area contributed by atoms with E-state index < -0.39 is 5.97 Å². The molecule has 1 fully saturated rings. The maximum atomic E-state index is 14.7. The van der Waals surface area contributed by atoms with E-state index >= 15 is 0 Å². The van der Waals surface area contributed by atoms with Gasteiger partial charge in [-0.3, -0.25) is 0 Å². The van der Waals surface area contributed by atoms with E-state index in [1.165, 1.54) is 22.8 Å². The molecule has 0 spiro atoms. The van der Waals surface area contributed by atoms with Crippen molar-refractivity contribution in [3.05, 3.63) is 93.1 Å². The Bertz CT molecular complexity index is 1530. The molecule has 2 heterocycles. The predicted octanol–water partition coefficient (Wildman–Crippen LogP) is 7.25. The maximum absolute atomic E-state index is 14.7. The number of aryl methyl sites for hydroxylation is 1. The molecular weight excluding hydrogens is 492 g/mol. The lowest BCUT2D eigenvalue weighted by molar-refractivity contribution is 0.0691. The number of rotatable bonds is 8. The summed E-state index contributed by atoms with van der Waals surface area (Å²) in [6.45, 7) is 5.45. The lowest BCUT2D eigenvalue weighted by Gasteiger charge is -2.10. The Morgan fingerprint density at radius 3 is 2.62 bits per heavy atom. The smallest absolute Gasteiger partial charge is 0.355 e. The zero-order valence-corrected chi connectivity index (χ0v) is 21.7. The van der Waals surface area contributed by atoms with E-state index in [2.05, 4.69) is 4.98 Å². The molecule has 37 heavy (non-hydrogen) atoms. The molecule has 2 aromatic carbocycles. The molecular formula is C29H27F2N3O2S.